The van der Waals surface area contributed by atoms with Crippen molar-refractivity contribution in [3.8, 4) is 0 Å². The first kappa shape index (κ1) is 15.1. The van der Waals surface area contributed by atoms with Gasteiger partial charge in [0.25, 0.3) is 0 Å². The molecule has 0 fully saturated rings. The van der Waals surface area contributed by atoms with Crippen LogP contribution in [0.4, 0.5) is 4.39 Å². The molecule has 0 bridgehead atoms. The number of halogens is 1. The number of aryl methyl sites for hydroxylation is 1. The van der Waals surface area contributed by atoms with E-state index < -0.39 is 15.8 Å². The third-order valence-corrected chi connectivity index (χ3v) is 4.74. The second kappa shape index (κ2) is 6.26. The van der Waals surface area contributed by atoms with E-state index in [0.717, 1.165) is 12.6 Å². The van der Waals surface area contributed by atoms with Gasteiger partial charge in [-0.2, -0.15) is 0 Å². The lowest BCUT2D eigenvalue weighted by atomic mass is 10.2. The number of nitrogens with one attached hydrogen (secondary N) is 1. The first-order chi connectivity index (χ1) is 8.39. The molecule has 0 saturated heterocycles. The molecular weight excluding hydrogens is 255 g/mol. The van der Waals surface area contributed by atoms with Crippen LogP contribution < -0.4 is 5.32 Å². The molecule has 0 atom stereocenters. The van der Waals surface area contributed by atoms with E-state index in [1.807, 2.05) is 7.05 Å². The highest BCUT2D eigenvalue weighted by Gasteiger charge is 2.22. The summed E-state index contributed by atoms with van der Waals surface area (Å²) >= 11 is 0. The molecular formula is C12H19FN2O2S. The van der Waals surface area contributed by atoms with Crippen molar-refractivity contribution in [1.29, 1.82) is 0 Å². The Bertz CT molecular complexity index is 503. The van der Waals surface area contributed by atoms with Crippen LogP contribution in [0.3, 0.4) is 0 Å². The fraction of sp³-hybridized carbons (Fsp3) is 0.500. The normalized spacial score (nSPS) is 12.1. The van der Waals surface area contributed by atoms with Crippen molar-refractivity contribution in [2.45, 2.75) is 18.2 Å². The number of hydrogen-bond acceptors (Lipinski definition) is 3. The first-order valence-corrected chi connectivity index (χ1v) is 7.20. The molecule has 102 valence electrons. The summed E-state index contributed by atoms with van der Waals surface area (Å²) < 4.78 is 38.9. The van der Waals surface area contributed by atoms with Gasteiger partial charge in [-0.15, -0.1) is 0 Å². The summed E-state index contributed by atoms with van der Waals surface area (Å²) in [6.07, 6.45) is 0.709. The van der Waals surface area contributed by atoms with Crippen LogP contribution in [-0.2, 0) is 10.0 Å². The van der Waals surface area contributed by atoms with Crippen LogP contribution >= 0.6 is 0 Å². The first-order valence-electron chi connectivity index (χ1n) is 5.76. The van der Waals surface area contributed by atoms with Crippen LogP contribution in [0.1, 0.15) is 12.0 Å². The van der Waals surface area contributed by atoms with Crippen molar-refractivity contribution in [3.63, 3.8) is 0 Å². The van der Waals surface area contributed by atoms with Gasteiger partial charge in [0.2, 0.25) is 10.0 Å². The Morgan fingerprint density at radius 3 is 2.67 bits per heavy atom. The van der Waals surface area contributed by atoms with E-state index in [0.29, 0.717) is 18.5 Å². The molecule has 0 heterocycles. The number of rotatable bonds is 6. The maximum atomic E-state index is 13.2. The Kier molecular flexibility index (Phi) is 5.25. The highest BCUT2D eigenvalue weighted by atomic mass is 32.2. The number of benzene rings is 1. The summed E-state index contributed by atoms with van der Waals surface area (Å²) in [5, 5.41) is 2.95. The SMILES string of the molecule is CNCCCN(C)S(=O)(=O)c1cc(F)ccc1C. The van der Waals surface area contributed by atoms with Gasteiger partial charge in [0.15, 0.2) is 0 Å². The van der Waals surface area contributed by atoms with Gasteiger partial charge in [0, 0.05) is 13.6 Å². The number of nitrogens with zero attached hydrogens (tertiary/aromatic N) is 1. The molecule has 18 heavy (non-hydrogen) atoms. The van der Waals surface area contributed by atoms with Gasteiger partial charge in [0.1, 0.15) is 5.82 Å². The third kappa shape index (κ3) is 3.51. The monoisotopic (exact) mass is 274 g/mol. The lowest BCUT2D eigenvalue weighted by Crippen LogP contribution is -2.30. The maximum absolute atomic E-state index is 13.2. The van der Waals surface area contributed by atoms with Gasteiger partial charge >= 0.3 is 0 Å². The van der Waals surface area contributed by atoms with Gasteiger partial charge in [-0.25, -0.2) is 17.1 Å². The fourth-order valence-electron chi connectivity index (χ4n) is 1.62. The van der Waals surface area contributed by atoms with Crippen LogP contribution in [0.2, 0.25) is 0 Å². The second-order valence-corrected chi connectivity index (χ2v) is 6.21. The van der Waals surface area contributed by atoms with E-state index in [2.05, 4.69) is 5.32 Å². The van der Waals surface area contributed by atoms with Crippen molar-refractivity contribution in [1.82, 2.24) is 9.62 Å². The van der Waals surface area contributed by atoms with Crippen molar-refractivity contribution in [2.24, 2.45) is 0 Å². The average molecular weight is 274 g/mol. The molecule has 1 N–H and O–H groups in total. The largest absolute Gasteiger partial charge is 0.320 e. The Morgan fingerprint density at radius 2 is 2.06 bits per heavy atom. The minimum absolute atomic E-state index is 0.0365. The van der Waals surface area contributed by atoms with E-state index in [1.54, 1.807) is 6.92 Å². The quantitative estimate of drug-likeness (QED) is 0.797. The van der Waals surface area contributed by atoms with Crippen molar-refractivity contribution >= 4 is 10.0 Å². The van der Waals surface area contributed by atoms with E-state index in [1.165, 1.54) is 23.5 Å². The van der Waals surface area contributed by atoms with Crippen LogP contribution in [-0.4, -0.2) is 39.9 Å². The van der Waals surface area contributed by atoms with Crippen molar-refractivity contribution in [3.05, 3.63) is 29.6 Å². The lowest BCUT2D eigenvalue weighted by molar-refractivity contribution is 0.457. The van der Waals surface area contributed by atoms with Gasteiger partial charge in [-0.05, 0) is 44.6 Å². The van der Waals surface area contributed by atoms with Gasteiger partial charge in [-0.3, -0.25) is 0 Å². The average Bonchev–Trinajstić information content (AvgIpc) is 2.32. The molecule has 0 aliphatic heterocycles. The van der Waals surface area contributed by atoms with E-state index in [9.17, 15) is 12.8 Å². The fourth-order valence-corrected chi connectivity index (χ4v) is 3.06. The summed E-state index contributed by atoms with van der Waals surface area (Å²) in [5.41, 5.74) is 0.553. The molecule has 0 aliphatic carbocycles. The topological polar surface area (TPSA) is 49.4 Å². The smallest absolute Gasteiger partial charge is 0.243 e. The highest BCUT2D eigenvalue weighted by molar-refractivity contribution is 7.89. The summed E-state index contributed by atoms with van der Waals surface area (Å²) in [4.78, 5) is 0.0365. The predicted molar refractivity (Wildman–Crippen MR) is 69.5 cm³/mol. The van der Waals surface area contributed by atoms with Gasteiger partial charge in [0.05, 0.1) is 4.90 Å². The standard InChI is InChI=1S/C12H19FN2O2S/c1-10-5-6-11(13)9-12(10)18(16,17)15(3)8-4-7-14-2/h5-6,9,14H,4,7-8H2,1-3H3. The van der Waals surface area contributed by atoms with Crippen molar-refractivity contribution < 1.29 is 12.8 Å². The Morgan fingerprint density at radius 1 is 1.39 bits per heavy atom. The highest BCUT2D eigenvalue weighted by Crippen LogP contribution is 2.20. The van der Waals surface area contributed by atoms with Gasteiger partial charge < -0.3 is 5.32 Å². The Labute approximate surface area is 108 Å². The Balaban J connectivity index is 2.95. The molecule has 0 radical (unpaired) electrons. The van der Waals surface area contributed by atoms with Gasteiger partial charge in [-0.1, -0.05) is 6.07 Å². The summed E-state index contributed by atoms with van der Waals surface area (Å²) in [5.74, 6) is -0.539. The lowest BCUT2D eigenvalue weighted by Gasteiger charge is -2.18. The summed E-state index contributed by atoms with van der Waals surface area (Å²) in [6.45, 7) is 2.80. The molecule has 0 aromatic heterocycles. The molecule has 4 nitrogen and oxygen atoms in total. The molecule has 1 aromatic carbocycles. The van der Waals surface area contributed by atoms with Crippen LogP contribution in [0.15, 0.2) is 23.1 Å². The predicted octanol–water partition coefficient (Wildman–Crippen LogP) is 1.36. The van der Waals surface area contributed by atoms with Crippen LogP contribution in [0.25, 0.3) is 0 Å². The van der Waals surface area contributed by atoms with Crippen molar-refractivity contribution in [2.75, 3.05) is 27.2 Å². The molecule has 0 unspecified atom stereocenters. The molecule has 1 rings (SSSR count). The zero-order valence-electron chi connectivity index (χ0n) is 10.9. The molecule has 1 aromatic rings. The molecule has 6 heteroatoms. The van der Waals surface area contributed by atoms with E-state index in [4.69, 9.17) is 0 Å². The third-order valence-electron chi connectivity index (χ3n) is 2.74. The summed E-state index contributed by atoms with van der Waals surface area (Å²) in [6, 6.07) is 3.80. The minimum atomic E-state index is -3.61. The zero-order chi connectivity index (χ0) is 13.8. The molecule has 0 aliphatic rings. The zero-order valence-corrected chi connectivity index (χ0v) is 11.7. The molecule has 0 saturated carbocycles. The van der Waals surface area contributed by atoms with E-state index >= 15 is 0 Å². The molecule has 0 spiro atoms. The number of hydrogen-bond donors (Lipinski definition) is 1. The van der Waals surface area contributed by atoms with E-state index in [-0.39, 0.29) is 4.90 Å². The maximum Gasteiger partial charge on any atom is 0.243 e. The Hall–Kier alpha value is -0.980. The minimum Gasteiger partial charge on any atom is -0.320 e. The summed E-state index contributed by atoms with van der Waals surface area (Å²) in [7, 11) is -0.287. The number of sulfonamides is 1. The molecule has 0 amide bonds. The van der Waals surface area contributed by atoms with Crippen LogP contribution in [0, 0.1) is 12.7 Å². The second-order valence-electron chi connectivity index (χ2n) is 4.19. The van der Waals surface area contributed by atoms with Crippen LogP contribution in [0.5, 0.6) is 0 Å².